The van der Waals surface area contributed by atoms with Crippen molar-refractivity contribution in [2.24, 2.45) is 0 Å². The molecule has 0 bridgehead atoms. The standard InChI is InChI=1S/C44H71NO3/c1-3-5-7-9-11-12-13-14-15-16-17-18-19-20-21-22-23-24-25-26-27-28-29-30-31-32-34-36-38-40-44(48)45-42(41-46)43(47)39-37-35-33-10-8-6-4-2/h5,7-8,10-12,14-15,17-18,20-21,23-24,26-27,37,39,42-43,46-47H,3-4,6,9,13,16,19,22,25,28-36,38,40-41H2,1-2H3,(H,45,48)/b7-5-,10-8+,12-11-,15-14-,18-17-,21-20-,24-23-,27-26-,39-37+. The third-order valence-corrected chi connectivity index (χ3v) is 7.72. The van der Waals surface area contributed by atoms with Gasteiger partial charge < -0.3 is 15.5 Å². The molecule has 0 fully saturated rings. The Labute approximate surface area is 296 Å². The summed E-state index contributed by atoms with van der Waals surface area (Å²) < 4.78 is 0. The van der Waals surface area contributed by atoms with Crippen molar-refractivity contribution in [2.45, 2.75) is 154 Å². The van der Waals surface area contributed by atoms with Crippen LogP contribution < -0.4 is 5.32 Å². The summed E-state index contributed by atoms with van der Waals surface area (Å²) in [5, 5.41) is 22.7. The minimum atomic E-state index is -0.870. The summed E-state index contributed by atoms with van der Waals surface area (Å²) in [5.41, 5.74) is 0. The molecular weight excluding hydrogens is 590 g/mol. The molecule has 0 saturated heterocycles. The van der Waals surface area contributed by atoms with Crippen LogP contribution in [-0.4, -0.2) is 34.9 Å². The van der Waals surface area contributed by atoms with E-state index in [0.717, 1.165) is 96.3 Å². The van der Waals surface area contributed by atoms with Crippen molar-refractivity contribution in [1.82, 2.24) is 5.32 Å². The van der Waals surface area contributed by atoms with Gasteiger partial charge in [-0.3, -0.25) is 4.79 Å². The van der Waals surface area contributed by atoms with Crippen LogP contribution in [0.1, 0.15) is 142 Å². The molecule has 0 radical (unpaired) electrons. The van der Waals surface area contributed by atoms with E-state index in [9.17, 15) is 15.0 Å². The maximum absolute atomic E-state index is 12.3. The van der Waals surface area contributed by atoms with Crippen LogP contribution in [0.15, 0.2) is 109 Å². The summed E-state index contributed by atoms with van der Waals surface area (Å²) in [5.74, 6) is -0.0974. The summed E-state index contributed by atoms with van der Waals surface area (Å²) in [6.07, 6.45) is 59.1. The van der Waals surface area contributed by atoms with Gasteiger partial charge in [0.25, 0.3) is 0 Å². The van der Waals surface area contributed by atoms with Crippen molar-refractivity contribution in [3.05, 3.63) is 109 Å². The number of hydrogen-bond donors (Lipinski definition) is 3. The monoisotopic (exact) mass is 662 g/mol. The Morgan fingerprint density at radius 1 is 0.521 bits per heavy atom. The van der Waals surface area contributed by atoms with Gasteiger partial charge in [0.1, 0.15) is 0 Å². The summed E-state index contributed by atoms with van der Waals surface area (Å²) in [6, 6.07) is -0.649. The molecule has 48 heavy (non-hydrogen) atoms. The molecule has 0 spiro atoms. The van der Waals surface area contributed by atoms with E-state index in [1.54, 1.807) is 6.08 Å². The second-order valence-corrected chi connectivity index (χ2v) is 12.2. The lowest BCUT2D eigenvalue weighted by Gasteiger charge is -2.19. The normalized spacial score (nSPS) is 14.3. The molecule has 0 aliphatic heterocycles. The SMILES string of the molecule is CC/C=C\C/C=C\C/C=C\C/C=C\C/C=C\C/C=C\C/C=C\CCCCCCCCCC(=O)NC(CO)C(O)/C=C/CC/C=C/CCC. The first-order chi connectivity index (χ1) is 23.7. The van der Waals surface area contributed by atoms with Gasteiger partial charge in [-0.25, -0.2) is 0 Å². The van der Waals surface area contributed by atoms with Crippen molar-refractivity contribution in [1.29, 1.82) is 0 Å². The maximum atomic E-state index is 12.3. The van der Waals surface area contributed by atoms with Gasteiger partial charge in [0, 0.05) is 6.42 Å². The van der Waals surface area contributed by atoms with E-state index in [1.165, 1.54) is 25.7 Å². The Morgan fingerprint density at radius 2 is 0.938 bits per heavy atom. The van der Waals surface area contributed by atoms with Crippen LogP contribution in [0.5, 0.6) is 0 Å². The highest BCUT2D eigenvalue weighted by molar-refractivity contribution is 5.76. The smallest absolute Gasteiger partial charge is 0.220 e. The number of aliphatic hydroxyl groups is 2. The molecule has 0 aromatic rings. The fourth-order valence-corrected chi connectivity index (χ4v) is 4.82. The van der Waals surface area contributed by atoms with Crippen LogP contribution in [0.2, 0.25) is 0 Å². The van der Waals surface area contributed by atoms with Gasteiger partial charge >= 0.3 is 0 Å². The predicted molar refractivity (Wildman–Crippen MR) is 211 cm³/mol. The molecule has 1 amide bonds. The summed E-state index contributed by atoms with van der Waals surface area (Å²) in [7, 11) is 0. The molecule has 0 rings (SSSR count). The van der Waals surface area contributed by atoms with E-state index in [2.05, 4.69) is 116 Å². The van der Waals surface area contributed by atoms with E-state index in [-0.39, 0.29) is 12.5 Å². The average Bonchev–Trinajstić information content (AvgIpc) is 3.09. The number of rotatable bonds is 32. The number of carbonyl (C=O) groups excluding carboxylic acids is 1. The fourth-order valence-electron chi connectivity index (χ4n) is 4.82. The molecule has 0 aromatic carbocycles. The highest BCUT2D eigenvalue weighted by atomic mass is 16.3. The summed E-state index contributed by atoms with van der Waals surface area (Å²) >= 11 is 0. The second kappa shape index (κ2) is 38.5. The van der Waals surface area contributed by atoms with E-state index in [4.69, 9.17) is 0 Å². The van der Waals surface area contributed by atoms with Crippen LogP contribution in [0.4, 0.5) is 0 Å². The van der Waals surface area contributed by atoms with Gasteiger partial charge in [-0.15, -0.1) is 0 Å². The molecule has 0 aromatic heterocycles. The number of nitrogens with one attached hydrogen (secondary N) is 1. The highest BCUT2D eigenvalue weighted by Gasteiger charge is 2.17. The average molecular weight is 662 g/mol. The van der Waals surface area contributed by atoms with Crippen LogP contribution in [-0.2, 0) is 4.79 Å². The molecule has 0 heterocycles. The molecule has 2 unspecified atom stereocenters. The van der Waals surface area contributed by atoms with Gasteiger partial charge in [0.15, 0.2) is 0 Å². The highest BCUT2D eigenvalue weighted by Crippen LogP contribution is 2.11. The zero-order chi connectivity index (χ0) is 35.0. The minimum Gasteiger partial charge on any atom is -0.394 e. The lowest BCUT2D eigenvalue weighted by atomic mass is 10.1. The molecule has 0 aliphatic carbocycles. The quantitative estimate of drug-likeness (QED) is 0.0496. The number of unbranched alkanes of at least 4 members (excludes halogenated alkanes) is 9. The Kier molecular flexibility index (Phi) is 36.1. The zero-order valence-electron chi connectivity index (χ0n) is 30.7. The molecule has 4 nitrogen and oxygen atoms in total. The van der Waals surface area contributed by atoms with E-state index >= 15 is 0 Å². The van der Waals surface area contributed by atoms with Crippen molar-refractivity contribution < 1.29 is 15.0 Å². The van der Waals surface area contributed by atoms with Gasteiger partial charge in [-0.1, -0.05) is 162 Å². The zero-order valence-corrected chi connectivity index (χ0v) is 30.7. The predicted octanol–water partition coefficient (Wildman–Crippen LogP) is 11.7. The van der Waals surface area contributed by atoms with Crippen LogP contribution in [0.25, 0.3) is 0 Å². The largest absolute Gasteiger partial charge is 0.394 e. The number of amides is 1. The van der Waals surface area contributed by atoms with Gasteiger partial charge in [0.2, 0.25) is 5.91 Å². The number of allylic oxidation sites excluding steroid dienone is 17. The Hall–Kier alpha value is -2.95. The first-order valence-corrected chi connectivity index (χ1v) is 19.1. The van der Waals surface area contributed by atoms with Crippen LogP contribution in [0, 0.1) is 0 Å². The molecule has 270 valence electrons. The van der Waals surface area contributed by atoms with Crippen molar-refractivity contribution in [3.8, 4) is 0 Å². The number of hydrogen-bond acceptors (Lipinski definition) is 3. The van der Waals surface area contributed by atoms with Gasteiger partial charge in [-0.2, -0.15) is 0 Å². The number of aliphatic hydroxyl groups excluding tert-OH is 2. The van der Waals surface area contributed by atoms with Crippen molar-refractivity contribution in [3.63, 3.8) is 0 Å². The molecular formula is C44H71NO3. The van der Waals surface area contributed by atoms with Crippen LogP contribution in [0.3, 0.4) is 0 Å². The second-order valence-electron chi connectivity index (χ2n) is 12.2. The molecule has 2 atom stereocenters. The first kappa shape index (κ1) is 45.0. The third-order valence-electron chi connectivity index (χ3n) is 7.72. The summed E-state index contributed by atoms with van der Waals surface area (Å²) in [6.45, 7) is 4.04. The Bertz CT molecular complexity index is 979. The first-order valence-electron chi connectivity index (χ1n) is 19.1. The Balaban J connectivity index is 3.66. The fraction of sp³-hybridized carbons (Fsp3) is 0.568. The molecule has 3 N–H and O–H groups in total. The van der Waals surface area contributed by atoms with E-state index in [0.29, 0.717) is 6.42 Å². The van der Waals surface area contributed by atoms with Gasteiger partial charge in [-0.05, 0) is 83.5 Å². The van der Waals surface area contributed by atoms with Crippen molar-refractivity contribution in [2.75, 3.05) is 6.61 Å². The molecule has 0 aliphatic rings. The summed E-state index contributed by atoms with van der Waals surface area (Å²) in [4.78, 5) is 12.3. The van der Waals surface area contributed by atoms with E-state index < -0.39 is 12.1 Å². The maximum Gasteiger partial charge on any atom is 0.220 e. The number of carbonyl (C=O) groups is 1. The Morgan fingerprint density at radius 3 is 1.44 bits per heavy atom. The molecule has 0 saturated carbocycles. The van der Waals surface area contributed by atoms with Gasteiger partial charge in [0.05, 0.1) is 18.8 Å². The lowest BCUT2D eigenvalue weighted by molar-refractivity contribution is -0.123. The topological polar surface area (TPSA) is 69.6 Å². The van der Waals surface area contributed by atoms with Crippen LogP contribution >= 0.6 is 0 Å². The molecule has 4 heteroatoms. The van der Waals surface area contributed by atoms with E-state index in [1.807, 2.05) is 6.08 Å². The third kappa shape index (κ3) is 34.4. The minimum absolute atomic E-state index is 0.0974. The lowest BCUT2D eigenvalue weighted by Crippen LogP contribution is -2.45. The van der Waals surface area contributed by atoms with Crippen molar-refractivity contribution >= 4 is 5.91 Å².